The number of nitrogens with two attached hydrogens (primary N) is 1. The quantitative estimate of drug-likeness (QED) is 0.873. The van der Waals surface area contributed by atoms with E-state index in [4.69, 9.17) is 14.6 Å². The van der Waals surface area contributed by atoms with Crippen LogP contribution in [0.1, 0.15) is 12.8 Å². The van der Waals surface area contributed by atoms with Crippen molar-refractivity contribution in [1.82, 2.24) is 0 Å². The molecule has 2 saturated heterocycles. The normalized spacial score (nSPS) is 21.9. The lowest BCUT2D eigenvalue weighted by molar-refractivity contribution is -0.169. The SMILES string of the molecule is NS(=O)(=O)c1ccc(N2CCC3(CC2)OCCO3)c(F)c1. The van der Waals surface area contributed by atoms with E-state index in [2.05, 4.69) is 0 Å². The molecular weight excluding hydrogens is 299 g/mol. The van der Waals surface area contributed by atoms with Gasteiger partial charge < -0.3 is 14.4 Å². The van der Waals surface area contributed by atoms with Crippen LogP contribution < -0.4 is 10.0 Å². The summed E-state index contributed by atoms with van der Waals surface area (Å²) in [5.41, 5.74) is 0.371. The van der Waals surface area contributed by atoms with E-state index in [1.165, 1.54) is 12.1 Å². The molecule has 116 valence electrons. The Morgan fingerprint density at radius 1 is 1.19 bits per heavy atom. The Labute approximate surface area is 122 Å². The van der Waals surface area contributed by atoms with Crippen LogP contribution in [0.5, 0.6) is 0 Å². The summed E-state index contributed by atoms with van der Waals surface area (Å²) >= 11 is 0. The first-order valence-electron chi connectivity index (χ1n) is 6.75. The molecule has 0 aliphatic carbocycles. The molecule has 0 saturated carbocycles. The van der Waals surface area contributed by atoms with Crippen molar-refractivity contribution in [3.63, 3.8) is 0 Å². The standard InChI is InChI=1S/C13H17FN2O4S/c14-11-9-10(21(15,17)18)1-2-12(11)16-5-3-13(4-6-16)19-7-8-20-13/h1-2,9H,3-8H2,(H2,15,17,18). The van der Waals surface area contributed by atoms with E-state index in [-0.39, 0.29) is 4.90 Å². The molecule has 3 rings (SSSR count). The minimum Gasteiger partial charge on any atom is -0.369 e. The molecule has 2 N–H and O–H groups in total. The Hall–Kier alpha value is -1.22. The van der Waals surface area contributed by atoms with E-state index in [0.29, 0.717) is 44.8 Å². The Morgan fingerprint density at radius 3 is 2.33 bits per heavy atom. The predicted octanol–water partition coefficient (Wildman–Crippen LogP) is 0.816. The van der Waals surface area contributed by atoms with Crippen molar-refractivity contribution < 1.29 is 22.3 Å². The molecule has 2 fully saturated rings. The van der Waals surface area contributed by atoms with Crippen molar-refractivity contribution in [1.29, 1.82) is 0 Å². The van der Waals surface area contributed by atoms with E-state index in [1.807, 2.05) is 4.90 Å². The number of anilines is 1. The second kappa shape index (κ2) is 5.20. The fourth-order valence-corrected chi connectivity index (χ4v) is 3.32. The summed E-state index contributed by atoms with van der Waals surface area (Å²) in [4.78, 5) is 1.64. The zero-order chi connectivity index (χ0) is 15.1. The molecule has 0 unspecified atom stereocenters. The van der Waals surface area contributed by atoms with Gasteiger partial charge in [0.15, 0.2) is 5.79 Å². The largest absolute Gasteiger partial charge is 0.369 e. The van der Waals surface area contributed by atoms with E-state index < -0.39 is 21.6 Å². The Bertz CT molecular complexity index is 634. The molecule has 0 atom stereocenters. The van der Waals surface area contributed by atoms with Crippen LogP contribution in [0.2, 0.25) is 0 Å². The topological polar surface area (TPSA) is 81.9 Å². The maximum Gasteiger partial charge on any atom is 0.238 e. The predicted molar refractivity (Wildman–Crippen MR) is 73.9 cm³/mol. The van der Waals surface area contributed by atoms with Gasteiger partial charge in [0.25, 0.3) is 0 Å². The molecule has 0 amide bonds. The molecule has 1 aromatic carbocycles. The molecule has 21 heavy (non-hydrogen) atoms. The smallest absolute Gasteiger partial charge is 0.238 e. The van der Waals surface area contributed by atoms with Gasteiger partial charge in [0.2, 0.25) is 10.0 Å². The van der Waals surface area contributed by atoms with Gasteiger partial charge in [-0.3, -0.25) is 0 Å². The van der Waals surface area contributed by atoms with Gasteiger partial charge in [0, 0.05) is 25.9 Å². The second-order valence-corrected chi connectivity index (χ2v) is 6.81. The number of halogens is 1. The highest BCUT2D eigenvalue weighted by Gasteiger charge is 2.40. The van der Waals surface area contributed by atoms with Crippen molar-refractivity contribution >= 4 is 15.7 Å². The van der Waals surface area contributed by atoms with Crippen molar-refractivity contribution in [2.45, 2.75) is 23.5 Å². The van der Waals surface area contributed by atoms with Crippen LogP contribution in [0.4, 0.5) is 10.1 Å². The minimum atomic E-state index is -3.89. The van der Waals surface area contributed by atoms with Gasteiger partial charge in [-0.1, -0.05) is 0 Å². The van der Waals surface area contributed by atoms with Crippen LogP contribution in [-0.2, 0) is 19.5 Å². The van der Waals surface area contributed by atoms with Crippen molar-refractivity contribution in [2.75, 3.05) is 31.2 Å². The molecule has 2 aliphatic rings. The first-order chi connectivity index (χ1) is 9.90. The lowest BCUT2D eigenvalue weighted by atomic mass is 10.0. The number of hydrogen-bond donors (Lipinski definition) is 1. The number of sulfonamides is 1. The molecule has 1 spiro atoms. The average Bonchev–Trinajstić information content (AvgIpc) is 2.87. The zero-order valence-electron chi connectivity index (χ0n) is 11.4. The maximum absolute atomic E-state index is 14.1. The molecule has 0 bridgehead atoms. The van der Waals surface area contributed by atoms with Gasteiger partial charge in [-0.25, -0.2) is 17.9 Å². The summed E-state index contributed by atoms with van der Waals surface area (Å²) < 4.78 is 47.8. The number of hydrogen-bond acceptors (Lipinski definition) is 5. The van der Waals surface area contributed by atoms with Crippen molar-refractivity contribution in [3.8, 4) is 0 Å². The summed E-state index contributed by atoms with van der Waals surface area (Å²) in [7, 11) is -3.89. The average molecular weight is 316 g/mol. The van der Waals surface area contributed by atoms with Crippen LogP contribution in [0.25, 0.3) is 0 Å². The highest BCUT2D eigenvalue weighted by atomic mass is 32.2. The third kappa shape index (κ3) is 2.89. The summed E-state index contributed by atoms with van der Waals surface area (Å²) in [5, 5.41) is 4.99. The van der Waals surface area contributed by atoms with E-state index in [9.17, 15) is 12.8 Å². The van der Waals surface area contributed by atoms with Crippen LogP contribution in [0, 0.1) is 5.82 Å². The molecule has 2 heterocycles. The maximum atomic E-state index is 14.1. The fourth-order valence-electron chi connectivity index (χ4n) is 2.80. The third-order valence-electron chi connectivity index (χ3n) is 3.93. The Morgan fingerprint density at radius 2 is 1.81 bits per heavy atom. The number of piperidine rings is 1. The van der Waals surface area contributed by atoms with Crippen LogP contribution in [-0.4, -0.2) is 40.5 Å². The van der Waals surface area contributed by atoms with Crippen molar-refractivity contribution in [2.24, 2.45) is 5.14 Å². The van der Waals surface area contributed by atoms with E-state index >= 15 is 0 Å². The van der Waals surface area contributed by atoms with Gasteiger partial charge in [-0.2, -0.15) is 0 Å². The number of primary sulfonamides is 1. The van der Waals surface area contributed by atoms with Crippen LogP contribution in [0.3, 0.4) is 0 Å². The van der Waals surface area contributed by atoms with Gasteiger partial charge in [0.05, 0.1) is 23.8 Å². The molecule has 0 aromatic heterocycles. The number of rotatable bonds is 2. The van der Waals surface area contributed by atoms with Crippen molar-refractivity contribution in [3.05, 3.63) is 24.0 Å². The summed E-state index contributed by atoms with van der Waals surface area (Å²) in [6.07, 6.45) is 1.31. The monoisotopic (exact) mass is 316 g/mol. The lowest BCUT2D eigenvalue weighted by Gasteiger charge is -2.38. The third-order valence-corrected chi connectivity index (χ3v) is 4.84. The van der Waals surface area contributed by atoms with E-state index in [1.54, 1.807) is 0 Å². The Kier molecular flexibility index (Phi) is 3.64. The van der Waals surface area contributed by atoms with Crippen LogP contribution in [0.15, 0.2) is 23.1 Å². The van der Waals surface area contributed by atoms with Gasteiger partial charge in [-0.05, 0) is 18.2 Å². The Balaban J connectivity index is 1.76. The number of benzene rings is 1. The number of nitrogens with zero attached hydrogens (tertiary/aromatic N) is 1. The molecule has 6 nitrogen and oxygen atoms in total. The second-order valence-electron chi connectivity index (χ2n) is 5.25. The molecule has 0 radical (unpaired) electrons. The molecular formula is C13H17FN2O4S. The molecule has 1 aromatic rings. The van der Waals surface area contributed by atoms with E-state index in [0.717, 1.165) is 6.07 Å². The molecule has 2 aliphatic heterocycles. The fraction of sp³-hybridized carbons (Fsp3) is 0.538. The van der Waals surface area contributed by atoms with Gasteiger partial charge in [-0.15, -0.1) is 0 Å². The summed E-state index contributed by atoms with van der Waals surface area (Å²) in [6.45, 7) is 2.37. The van der Waals surface area contributed by atoms with Gasteiger partial charge >= 0.3 is 0 Å². The first-order valence-corrected chi connectivity index (χ1v) is 8.30. The van der Waals surface area contributed by atoms with Gasteiger partial charge in [0.1, 0.15) is 5.82 Å². The zero-order valence-corrected chi connectivity index (χ0v) is 12.2. The highest BCUT2D eigenvalue weighted by molar-refractivity contribution is 7.89. The highest BCUT2D eigenvalue weighted by Crippen LogP contribution is 2.34. The minimum absolute atomic E-state index is 0.223. The first kappa shape index (κ1) is 14.7. The number of ether oxygens (including phenoxy) is 2. The molecule has 8 heteroatoms. The lowest BCUT2D eigenvalue weighted by Crippen LogP contribution is -2.45. The summed E-state index contributed by atoms with van der Waals surface area (Å²) in [5.74, 6) is -1.11. The summed E-state index contributed by atoms with van der Waals surface area (Å²) in [6, 6.07) is 3.72. The van der Waals surface area contributed by atoms with Crippen LogP contribution >= 0.6 is 0 Å².